The monoisotopic (exact) mass is 327 g/mol. The molecule has 3 rings (SSSR count). The van der Waals surface area contributed by atoms with Crippen LogP contribution in [0.4, 0.5) is 0 Å². The molecule has 0 bridgehead atoms. The van der Waals surface area contributed by atoms with E-state index in [1.807, 2.05) is 11.0 Å². The second-order valence-electron chi connectivity index (χ2n) is 7.30. The predicted octanol–water partition coefficient (Wildman–Crippen LogP) is 3.74. The molecule has 1 amide bonds. The maximum atomic E-state index is 12.8. The summed E-state index contributed by atoms with van der Waals surface area (Å²) in [6.45, 7) is 7.62. The number of aliphatic hydroxyl groups excluding tert-OH is 1. The Morgan fingerprint density at radius 3 is 2.67 bits per heavy atom. The Labute approximate surface area is 143 Å². The lowest BCUT2D eigenvalue weighted by molar-refractivity contribution is 0.0536. The molecule has 4 nitrogen and oxygen atoms in total. The predicted molar refractivity (Wildman–Crippen MR) is 92.9 cm³/mol. The summed E-state index contributed by atoms with van der Waals surface area (Å²) in [6.07, 6.45) is 0.949. The van der Waals surface area contributed by atoms with Gasteiger partial charge < -0.3 is 14.4 Å². The molecule has 0 saturated carbocycles. The van der Waals surface area contributed by atoms with Crippen molar-refractivity contribution < 1.29 is 14.3 Å². The molecule has 2 aromatic rings. The lowest BCUT2D eigenvalue weighted by atomic mass is 9.70. The van der Waals surface area contributed by atoms with Crippen LogP contribution in [0.1, 0.15) is 53.6 Å². The van der Waals surface area contributed by atoms with Crippen LogP contribution in [0.25, 0.3) is 0 Å². The smallest absolute Gasteiger partial charge is 0.289 e. The van der Waals surface area contributed by atoms with Crippen LogP contribution in [0, 0.1) is 12.3 Å². The van der Waals surface area contributed by atoms with E-state index in [-0.39, 0.29) is 17.9 Å². The topological polar surface area (TPSA) is 53.7 Å². The third-order valence-electron chi connectivity index (χ3n) is 5.26. The highest BCUT2D eigenvalue weighted by Gasteiger charge is 2.38. The normalized spacial score (nSPS) is 20.2. The number of benzene rings is 1. The van der Waals surface area contributed by atoms with Gasteiger partial charge in [-0.1, -0.05) is 44.2 Å². The Balaban J connectivity index is 1.83. The van der Waals surface area contributed by atoms with E-state index in [9.17, 15) is 9.90 Å². The van der Waals surface area contributed by atoms with Crippen LogP contribution < -0.4 is 0 Å². The van der Waals surface area contributed by atoms with Crippen molar-refractivity contribution in [2.24, 2.45) is 5.41 Å². The molecule has 1 N–H and O–H groups in total. The molecule has 2 heterocycles. The Kier molecular flexibility index (Phi) is 4.50. The molecule has 1 atom stereocenters. The molecule has 24 heavy (non-hydrogen) atoms. The highest BCUT2D eigenvalue weighted by Crippen LogP contribution is 2.42. The minimum absolute atomic E-state index is 0.0887. The number of hydrogen-bond donors (Lipinski definition) is 1. The van der Waals surface area contributed by atoms with Gasteiger partial charge in [-0.3, -0.25) is 4.79 Å². The summed E-state index contributed by atoms with van der Waals surface area (Å²) in [4.78, 5) is 14.7. The number of carbonyl (C=O) groups excluding carboxylic acids is 1. The van der Waals surface area contributed by atoms with Gasteiger partial charge in [0, 0.05) is 24.6 Å². The molecule has 1 aliphatic rings. The molecule has 1 fully saturated rings. The van der Waals surface area contributed by atoms with E-state index in [1.54, 1.807) is 13.0 Å². The molecule has 1 saturated heterocycles. The highest BCUT2D eigenvalue weighted by atomic mass is 16.4. The lowest BCUT2D eigenvalue weighted by Gasteiger charge is -2.44. The third kappa shape index (κ3) is 3.11. The minimum atomic E-state index is -0.109. The number of furan rings is 1. The van der Waals surface area contributed by atoms with Crippen LogP contribution in [0.5, 0.6) is 0 Å². The van der Waals surface area contributed by atoms with Gasteiger partial charge >= 0.3 is 0 Å². The SMILES string of the molecule is Cc1oc(C(=O)N2CCC(C)(C)C(c3ccccc3)C2)cc1CO. The molecule has 1 aliphatic heterocycles. The van der Waals surface area contributed by atoms with E-state index in [0.717, 1.165) is 13.0 Å². The Hall–Kier alpha value is -2.07. The number of rotatable bonds is 3. The summed E-state index contributed by atoms with van der Waals surface area (Å²) in [5, 5.41) is 9.30. The second-order valence-corrected chi connectivity index (χ2v) is 7.30. The minimum Gasteiger partial charge on any atom is -0.456 e. The highest BCUT2D eigenvalue weighted by molar-refractivity contribution is 5.92. The van der Waals surface area contributed by atoms with Crippen LogP contribution in [0.3, 0.4) is 0 Å². The largest absolute Gasteiger partial charge is 0.456 e. The van der Waals surface area contributed by atoms with Crippen LogP contribution in [-0.2, 0) is 6.61 Å². The fourth-order valence-electron chi connectivity index (χ4n) is 3.52. The summed E-state index contributed by atoms with van der Waals surface area (Å²) in [7, 11) is 0. The fourth-order valence-corrected chi connectivity index (χ4v) is 3.52. The summed E-state index contributed by atoms with van der Waals surface area (Å²) in [6, 6.07) is 12.1. The van der Waals surface area contributed by atoms with Crippen LogP contribution in [-0.4, -0.2) is 29.0 Å². The van der Waals surface area contributed by atoms with Gasteiger partial charge in [-0.05, 0) is 30.4 Å². The molecule has 4 heteroatoms. The van der Waals surface area contributed by atoms with Gasteiger partial charge in [-0.2, -0.15) is 0 Å². The van der Waals surface area contributed by atoms with Crippen molar-refractivity contribution in [1.82, 2.24) is 4.90 Å². The number of likely N-dealkylation sites (tertiary alicyclic amines) is 1. The molecular formula is C20H25NO3. The zero-order chi connectivity index (χ0) is 17.3. The molecule has 1 unspecified atom stereocenters. The van der Waals surface area contributed by atoms with E-state index in [2.05, 4.69) is 38.1 Å². The summed E-state index contributed by atoms with van der Waals surface area (Å²) < 4.78 is 5.56. The second kappa shape index (κ2) is 6.44. The zero-order valence-corrected chi connectivity index (χ0v) is 14.6. The summed E-state index contributed by atoms with van der Waals surface area (Å²) in [5.41, 5.74) is 2.09. The number of amides is 1. The van der Waals surface area contributed by atoms with Crippen LogP contribution in [0.15, 0.2) is 40.8 Å². The number of aliphatic hydroxyl groups is 1. The van der Waals surface area contributed by atoms with Gasteiger partial charge in [0.1, 0.15) is 5.76 Å². The van der Waals surface area contributed by atoms with Crippen molar-refractivity contribution in [1.29, 1.82) is 0 Å². The maximum Gasteiger partial charge on any atom is 0.289 e. The lowest BCUT2D eigenvalue weighted by Crippen LogP contribution is -2.46. The average Bonchev–Trinajstić information content (AvgIpc) is 2.96. The fraction of sp³-hybridized carbons (Fsp3) is 0.450. The number of hydrogen-bond acceptors (Lipinski definition) is 3. The first-order valence-electron chi connectivity index (χ1n) is 8.47. The van der Waals surface area contributed by atoms with Crippen molar-refractivity contribution in [2.45, 2.75) is 39.7 Å². The third-order valence-corrected chi connectivity index (χ3v) is 5.26. The van der Waals surface area contributed by atoms with Gasteiger partial charge in [0.05, 0.1) is 6.61 Å². The summed E-state index contributed by atoms with van der Waals surface area (Å²) >= 11 is 0. The molecule has 1 aromatic carbocycles. The van der Waals surface area contributed by atoms with Gasteiger partial charge in [-0.25, -0.2) is 0 Å². The standard InChI is InChI=1S/C20H25NO3/c1-14-16(13-22)11-18(24-14)19(23)21-10-9-20(2,3)17(12-21)15-7-5-4-6-8-15/h4-8,11,17,22H,9-10,12-13H2,1-3H3. The van der Waals surface area contributed by atoms with E-state index >= 15 is 0 Å². The molecular weight excluding hydrogens is 302 g/mol. The van der Waals surface area contributed by atoms with Gasteiger partial charge in [0.25, 0.3) is 5.91 Å². The van der Waals surface area contributed by atoms with Crippen LogP contribution >= 0.6 is 0 Å². The van der Waals surface area contributed by atoms with Crippen LogP contribution in [0.2, 0.25) is 0 Å². The molecule has 0 radical (unpaired) electrons. The maximum absolute atomic E-state index is 12.8. The van der Waals surface area contributed by atoms with Crippen molar-refractivity contribution >= 4 is 5.91 Å². The van der Waals surface area contributed by atoms with E-state index in [4.69, 9.17) is 4.42 Å². The van der Waals surface area contributed by atoms with E-state index < -0.39 is 0 Å². The first-order chi connectivity index (χ1) is 11.4. The van der Waals surface area contributed by atoms with Crippen molar-refractivity contribution in [3.63, 3.8) is 0 Å². The Bertz CT molecular complexity index is 718. The zero-order valence-electron chi connectivity index (χ0n) is 14.6. The quantitative estimate of drug-likeness (QED) is 0.934. The Morgan fingerprint density at radius 1 is 1.33 bits per heavy atom. The molecule has 1 aromatic heterocycles. The number of aryl methyl sites for hydroxylation is 1. The molecule has 0 aliphatic carbocycles. The number of piperidine rings is 1. The number of nitrogens with zero attached hydrogens (tertiary/aromatic N) is 1. The number of carbonyl (C=O) groups is 1. The van der Waals surface area contributed by atoms with Gasteiger partial charge in [-0.15, -0.1) is 0 Å². The van der Waals surface area contributed by atoms with Crippen molar-refractivity contribution in [2.75, 3.05) is 13.1 Å². The Morgan fingerprint density at radius 2 is 2.04 bits per heavy atom. The van der Waals surface area contributed by atoms with E-state index in [0.29, 0.717) is 29.5 Å². The average molecular weight is 327 g/mol. The summed E-state index contributed by atoms with van der Waals surface area (Å²) in [5.74, 6) is 1.14. The molecule has 0 spiro atoms. The van der Waals surface area contributed by atoms with Gasteiger partial charge in [0.2, 0.25) is 0 Å². The van der Waals surface area contributed by atoms with Crippen molar-refractivity contribution in [3.05, 3.63) is 59.0 Å². The van der Waals surface area contributed by atoms with Gasteiger partial charge in [0.15, 0.2) is 5.76 Å². The van der Waals surface area contributed by atoms with E-state index in [1.165, 1.54) is 5.56 Å². The first-order valence-corrected chi connectivity index (χ1v) is 8.47. The molecule has 128 valence electrons. The first kappa shape index (κ1) is 16.8. The van der Waals surface area contributed by atoms with Crippen molar-refractivity contribution in [3.8, 4) is 0 Å².